The molecule has 0 fully saturated rings. The number of hydrogen-bond donors (Lipinski definition) is 1. The molecular formula is C11H11ClN2O2. The number of methoxy groups -OCH3 is 2. The highest BCUT2D eigenvalue weighted by Crippen LogP contribution is 2.36. The van der Waals surface area contributed by atoms with E-state index in [-0.39, 0.29) is 0 Å². The van der Waals surface area contributed by atoms with E-state index < -0.39 is 0 Å². The Balaban J connectivity index is 2.78. The first kappa shape index (κ1) is 10.8. The maximum Gasteiger partial charge on any atom is 0.162 e. The van der Waals surface area contributed by atoms with Gasteiger partial charge in [-0.1, -0.05) is 11.6 Å². The zero-order chi connectivity index (χ0) is 11.7. The van der Waals surface area contributed by atoms with Crippen LogP contribution >= 0.6 is 11.6 Å². The van der Waals surface area contributed by atoms with Crippen molar-refractivity contribution in [3.63, 3.8) is 0 Å². The second kappa shape index (κ2) is 4.06. The predicted molar refractivity (Wildman–Crippen MR) is 64.3 cm³/mol. The standard InChI is InChI=1S/C11H11ClN2O2/c1-15-9-3-6-8(4-10(9)16-2)14-5-7(13)11(6)12/h3-5H,13H2,1-2H3. The lowest BCUT2D eigenvalue weighted by Gasteiger charge is -2.10. The molecule has 0 saturated heterocycles. The fourth-order valence-electron chi connectivity index (χ4n) is 1.50. The summed E-state index contributed by atoms with van der Waals surface area (Å²) in [5.74, 6) is 1.22. The normalized spacial score (nSPS) is 10.4. The van der Waals surface area contributed by atoms with Gasteiger partial charge in [-0.2, -0.15) is 0 Å². The van der Waals surface area contributed by atoms with E-state index in [0.29, 0.717) is 22.2 Å². The number of fused-ring (bicyclic) bond motifs is 1. The minimum atomic E-state index is 0.446. The summed E-state index contributed by atoms with van der Waals surface area (Å²) in [6.07, 6.45) is 1.52. The molecule has 1 aromatic heterocycles. The molecule has 0 atom stereocenters. The van der Waals surface area contributed by atoms with Crippen LogP contribution in [0.3, 0.4) is 0 Å². The number of rotatable bonds is 2. The lowest BCUT2D eigenvalue weighted by atomic mass is 10.2. The maximum atomic E-state index is 6.09. The summed E-state index contributed by atoms with van der Waals surface area (Å²) in [6, 6.07) is 3.53. The molecule has 1 aromatic carbocycles. The Morgan fingerprint density at radius 3 is 2.44 bits per heavy atom. The van der Waals surface area contributed by atoms with Crippen molar-refractivity contribution in [3.8, 4) is 11.5 Å². The first-order valence-electron chi connectivity index (χ1n) is 4.63. The number of aromatic nitrogens is 1. The van der Waals surface area contributed by atoms with Crippen molar-refractivity contribution in [1.82, 2.24) is 4.98 Å². The number of benzene rings is 1. The number of anilines is 1. The molecule has 0 bridgehead atoms. The van der Waals surface area contributed by atoms with Crippen LogP contribution in [0.25, 0.3) is 10.9 Å². The fourth-order valence-corrected chi connectivity index (χ4v) is 1.70. The molecule has 0 aliphatic rings. The van der Waals surface area contributed by atoms with E-state index in [0.717, 1.165) is 10.9 Å². The molecule has 2 rings (SSSR count). The molecule has 0 radical (unpaired) electrons. The van der Waals surface area contributed by atoms with Crippen LogP contribution in [0, 0.1) is 0 Å². The third kappa shape index (κ3) is 1.61. The zero-order valence-corrected chi connectivity index (χ0v) is 9.71. The smallest absolute Gasteiger partial charge is 0.162 e. The Morgan fingerprint density at radius 2 is 1.81 bits per heavy atom. The number of nitrogens with two attached hydrogens (primary N) is 1. The van der Waals surface area contributed by atoms with Crippen LogP contribution in [0.2, 0.25) is 5.02 Å². The van der Waals surface area contributed by atoms with Crippen molar-refractivity contribution in [2.24, 2.45) is 0 Å². The van der Waals surface area contributed by atoms with Gasteiger partial charge in [0.2, 0.25) is 0 Å². The SMILES string of the molecule is COc1cc2ncc(N)c(Cl)c2cc1OC. The Labute approximate surface area is 97.9 Å². The lowest BCUT2D eigenvalue weighted by molar-refractivity contribution is 0.356. The zero-order valence-electron chi connectivity index (χ0n) is 8.95. The number of nitrogen functional groups attached to an aromatic ring is 1. The largest absolute Gasteiger partial charge is 0.493 e. The highest BCUT2D eigenvalue weighted by molar-refractivity contribution is 6.37. The number of pyridine rings is 1. The molecular weight excluding hydrogens is 228 g/mol. The summed E-state index contributed by atoms with van der Waals surface area (Å²) in [5.41, 5.74) is 6.85. The summed E-state index contributed by atoms with van der Waals surface area (Å²) in [6.45, 7) is 0. The summed E-state index contributed by atoms with van der Waals surface area (Å²) in [4.78, 5) is 4.18. The van der Waals surface area contributed by atoms with Crippen LogP contribution in [0.15, 0.2) is 18.3 Å². The van der Waals surface area contributed by atoms with Gasteiger partial charge in [0.05, 0.1) is 36.6 Å². The highest BCUT2D eigenvalue weighted by atomic mass is 35.5. The lowest BCUT2D eigenvalue weighted by Crippen LogP contribution is -1.94. The topological polar surface area (TPSA) is 57.4 Å². The van der Waals surface area contributed by atoms with Crippen LogP contribution in [-0.2, 0) is 0 Å². The van der Waals surface area contributed by atoms with Crippen LogP contribution < -0.4 is 15.2 Å². The molecule has 4 nitrogen and oxygen atoms in total. The quantitative estimate of drug-likeness (QED) is 0.873. The molecule has 16 heavy (non-hydrogen) atoms. The Bertz CT molecular complexity index is 543. The van der Waals surface area contributed by atoms with Gasteiger partial charge in [-0.15, -0.1) is 0 Å². The monoisotopic (exact) mass is 238 g/mol. The summed E-state index contributed by atoms with van der Waals surface area (Å²) < 4.78 is 10.4. The summed E-state index contributed by atoms with van der Waals surface area (Å²) >= 11 is 6.09. The van der Waals surface area contributed by atoms with Gasteiger partial charge in [0.25, 0.3) is 0 Å². The van der Waals surface area contributed by atoms with E-state index in [4.69, 9.17) is 26.8 Å². The Morgan fingerprint density at radius 1 is 1.19 bits per heavy atom. The number of hydrogen-bond acceptors (Lipinski definition) is 4. The summed E-state index contributed by atoms with van der Waals surface area (Å²) in [7, 11) is 3.14. The van der Waals surface area contributed by atoms with Crippen molar-refractivity contribution in [3.05, 3.63) is 23.4 Å². The van der Waals surface area contributed by atoms with Crippen LogP contribution in [-0.4, -0.2) is 19.2 Å². The van der Waals surface area contributed by atoms with Crippen molar-refractivity contribution < 1.29 is 9.47 Å². The third-order valence-electron chi connectivity index (χ3n) is 2.33. The number of ether oxygens (including phenoxy) is 2. The first-order chi connectivity index (χ1) is 7.67. The molecule has 0 amide bonds. The average Bonchev–Trinajstić information content (AvgIpc) is 2.32. The van der Waals surface area contributed by atoms with Crippen LogP contribution in [0.4, 0.5) is 5.69 Å². The minimum Gasteiger partial charge on any atom is -0.493 e. The van der Waals surface area contributed by atoms with E-state index in [1.165, 1.54) is 6.20 Å². The van der Waals surface area contributed by atoms with E-state index in [1.807, 2.05) is 0 Å². The van der Waals surface area contributed by atoms with Gasteiger partial charge >= 0.3 is 0 Å². The fraction of sp³-hybridized carbons (Fsp3) is 0.182. The van der Waals surface area contributed by atoms with E-state index >= 15 is 0 Å². The highest BCUT2D eigenvalue weighted by Gasteiger charge is 2.10. The van der Waals surface area contributed by atoms with Crippen molar-refractivity contribution in [1.29, 1.82) is 0 Å². The van der Waals surface area contributed by atoms with E-state index in [2.05, 4.69) is 4.98 Å². The molecule has 2 N–H and O–H groups in total. The van der Waals surface area contributed by atoms with Gasteiger partial charge in [0.1, 0.15) is 0 Å². The van der Waals surface area contributed by atoms with Gasteiger partial charge in [0, 0.05) is 11.5 Å². The van der Waals surface area contributed by atoms with Gasteiger partial charge in [-0.25, -0.2) is 0 Å². The van der Waals surface area contributed by atoms with E-state index in [1.54, 1.807) is 26.4 Å². The molecule has 2 aromatic rings. The molecule has 0 unspecified atom stereocenters. The molecule has 1 heterocycles. The molecule has 0 aliphatic heterocycles. The number of nitrogens with zero attached hydrogens (tertiary/aromatic N) is 1. The first-order valence-corrected chi connectivity index (χ1v) is 5.01. The van der Waals surface area contributed by atoms with Gasteiger partial charge in [0.15, 0.2) is 11.5 Å². The van der Waals surface area contributed by atoms with Gasteiger partial charge < -0.3 is 15.2 Å². The van der Waals surface area contributed by atoms with Crippen molar-refractivity contribution in [2.45, 2.75) is 0 Å². The van der Waals surface area contributed by atoms with Crippen LogP contribution in [0.1, 0.15) is 0 Å². The van der Waals surface area contributed by atoms with Crippen molar-refractivity contribution in [2.75, 3.05) is 20.0 Å². The molecule has 5 heteroatoms. The minimum absolute atomic E-state index is 0.446. The molecule has 0 spiro atoms. The maximum absolute atomic E-state index is 6.09. The van der Waals surface area contributed by atoms with Gasteiger partial charge in [-0.05, 0) is 6.07 Å². The molecule has 0 aliphatic carbocycles. The number of halogens is 1. The average molecular weight is 239 g/mol. The second-order valence-corrected chi connectivity index (χ2v) is 3.63. The van der Waals surface area contributed by atoms with Crippen LogP contribution in [0.5, 0.6) is 11.5 Å². The Kier molecular flexibility index (Phi) is 2.75. The van der Waals surface area contributed by atoms with Crippen molar-refractivity contribution >= 4 is 28.2 Å². The third-order valence-corrected chi connectivity index (χ3v) is 2.76. The molecule has 84 valence electrons. The van der Waals surface area contributed by atoms with E-state index in [9.17, 15) is 0 Å². The Hall–Kier alpha value is -1.68. The summed E-state index contributed by atoms with van der Waals surface area (Å²) in [5, 5.41) is 1.23. The predicted octanol–water partition coefficient (Wildman–Crippen LogP) is 2.49. The second-order valence-electron chi connectivity index (χ2n) is 3.25. The molecule has 0 saturated carbocycles. The van der Waals surface area contributed by atoms with Gasteiger partial charge in [-0.3, -0.25) is 4.98 Å².